The lowest BCUT2D eigenvalue weighted by molar-refractivity contribution is 0.149. The summed E-state index contributed by atoms with van der Waals surface area (Å²) in [5, 5.41) is 3.63. The number of rotatable bonds is 6. The van der Waals surface area contributed by atoms with Crippen LogP contribution in [0.25, 0.3) is 11.0 Å². The van der Waals surface area contributed by atoms with E-state index in [4.69, 9.17) is 0 Å². The van der Waals surface area contributed by atoms with Gasteiger partial charge in [0.15, 0.2) is 0 Å². The molecule has 1 saturated carbocycles. The van der Waals surface area contributed by atoms with Gasteiger partial charge < -0.3 is 19.9 Å². The monoisotopic (exact) mass is 436 g/mol. The van der Waals surface area contributed by atoms with Crippen LogP contribution >= 0.6 is 0 Å². The van der Waals surface area contributed by atoms with Crippen LogP contribution in [0.5, 0.6) is 0 Å². The second-order valence-electron chi connectivity index (χ2n) is 8.15. The van der Waals surface area contributed by atoms with E-state index in [1.54, 1.807) is 6.33 Å². The Morgan fingerprint density at radius 3 is 2.73 bits per heavy atom. The van der Waals surface area contributed by atoms with Crippen molar-refractivity contribution in [3.8, 4) is 0 Å². The van der Waals surface area contributed by atoms with Crippen molar-refractivity contribution in [2.45, 2.75) is 37.8 Å². The molecule has 2 aromatic heterocycles. The van der Waals surface area contributed by atoms with Crippen molar-refractivity contribution in [2.75, 3.05) is 37.9 Å². The minimum atomic E-state index is -3.31. The molecular weight excluding hydrogens is 408 g/mol. The molecule has 2 aromatic rings. The Labute approximate surface area is 176 Å². The lowest BCUT2D eigenvalue weighted by Gasteiger charge is -2.40. The first kappa shape index (κ1) is 20.9. The minimum absolute atomic E-state index is 0.157. The maximum Gasteiger partial charge on any atom is 0.407 e. The summed E-state index contributed by atoms with van der Waals surface area (Å²) in [6.07, 6.45) is 6.50. The number of carbonyl (C=O) groups is 1. The number of methoxy groups -OCH3 is 1. The average molecular weight is 437 g/mol. The molecule has 2 fully saturated rings. The van der Waals surface area contributed by atoms with E-state index in [0.29, 0.717) is 19.1 Å². The first-order valence-corrected chi connectivity index (χ1v) is 11.8. The van der Waals surface area contributed by atoms with Crippen molar-refractivity contribution in [2.24, 2.45) is 5.92 Å². The number of amides is 1. The van der Waals surface area contributed by atoms with E-state index in [-0.39, 0.29) is 17.7 Å². The van der Waals surface area contributed by atoms with Crippen LogP contribution in [-0.4, -0.2) is 78.9 Å². The molecule has 11 heteroatoms. The average Bonchev–Trinajstić information content (AvgIpc) is 3.18. The summed E-state index contributed by atoms with van der Waals surface area (Å²) in [5.74, 6) is 1.23. The zero-order chi connectivity index (χ0) is 21.3. The normalized spacial score (nSPS) is 23.1. The zero-order valence-corrected chi connectivity index (χ0v) is 18.1. The molecule has 2 aliphatic rings. The van der Waals surface area contributed by atoms with Gasteiger partial charge >= 0.3 is 6.09 Å². The van der Waals surface area contributed by atoms with E-state index in [1.165, 1.54) is 11.4 Å². The summed E-state index contributed by atoms with van der Waals surface area (Å²) in [5.41, 5.74) is 0.821. The molecule has 30 heavy (non-hydrogen) atoms. The zero-order valence-electron chi connectivity index (χ0n) is 17.2. The number of hydrogen-bond donors (Lipinski definition) is 2. The number of alkyl carbamates (subject to hydrolysis) is 1. The van der Waals surface area contributed by atoms with Crippen molar-refractivity contribution in [1.29, 1.82) is 0 Å². The number of H-pyrrole nitrogens is 1. The molecule has 0 bridgehead atoms. The van der Waals surface area contributed by atoms with Crippen LogP contribution in [0.2, 0.25) is 0 Å². The summed E-state index contributed by atoms with van der Waals surface area (Å²) in [6.45, 7) is 0.631. The molecule has 164 valence electrons. The molecule has 1 saturated heterocycles. The number of anilines is 1. The quantitative estimate of drug-likeness (QED) is 0.701. The molecule has 1 aliphatic heterocycles. The molecule has 0 atom stereocenters. The van der Waals surface area contributed by atoms with E-state index in [1.807, 2.05) is 19.3 Å². The molecule has 0 radical (unpaired) electrons. The highest BCUT2D eigenvalue weighted by Gasteiger charge is 2.38. The third kappa shape index (κ3) is 4.22. The molecule has 1 aliphatic carbocycles. The number of hydrogen-bond acceptors (Lipinski definition) is 7. The van der Waals surface area contributed by atoms with Crippen LogP contribution in [0, 0.1) is 5.92 Å². The number of nitrogens with one attached hydrogen (secondary N) is 2. The fourth-order valence-corrected chi connectivity index (χ4v) is 6.35. The van der Waals surface area contributed by atoms with Gasteiger partial charge in [-0.2, -0.15) is 4.31 Å². The molecule has 10 nitrogen and oxygen atoms in total. The topological polar surface area (TPSA) is 121 Å². The number of aromatic nitrogens is 3. The fraction of sp³-hybridized carbons (Fsp3) is 0.632. The highest BCUT2D eigenvalue weighted by molar-refractivity contribution is 7.89. The summed E-state index contributed by atoms with van der Waals surface area (Å²) >= 11 is 0. The van der Waals surface area contributed by atoms with Gasteiger partial charge in [-0.15, -0.1) is 0 Å². The fourth-order valence-electron chi connectivity index (χ4n) is 4.40. The van der Waals surface area contributed by atoms with Crippen molar-refractivity contribution in [3.63, 3.8) is 0 Å². The van der Waals surface area contributed by atoms with Gasteiger partial charge in [0.1, 0.15) is 17.8 Å². The largest absolute Gasteiger partial charge is 0.453 e. The maximum absolute atomic E-state index is 12.7. The Balaban J connectivity index is 1.28. The van der Waals surface area contributed by atoms with Crippen molar-refractivity contribution < 1.29 is 17.9 Å². The van der Waals surface area contributed by atoms with E-state index >= 15 is 0 Å². The van der Waals surface area contributed by atoms with Crippen LogP contribution in [0.4, 0.5) is 10.6 Å². The molecule has 3 heterocycles. The van der Waals surface area contributed by atoms with Crippen molar-refractivity contribution in [3.05, 3.63) is 18.6 Å². The van der Waals surface area contributed by atoms with Gasteiger partial charge in [0.2, 0.25) is 10.0 Å². The van der Waals surface area contributed by atoms with Crippen LogP contribution in [-0.2, 0) is 14.8 Å². The van der Waals surface area contributed by atoms with E-state index in [0.717, 1.165) is 42.5 Å². The van der Waals surface area contributed by atoms with E-state index in [9.17, 15) is 13.2 Å². The third-order valence-corrected chi connectivity index (χ3v) is 8.20. The van der Waals surface area contributed by atoms with Crippen molar-refractivity contribution >= 4 is 33.0 Å². The number of fused-ring (bicyclic) bond motifs is 1. The number of nitrogens with zero attached hydrogens (tertiary/aromatic N) is 4. The second kappa shape index (κ2) is 8.38. The molecule has 0 spiro atoms. The standard InChI is InChI=1S/C19H28N6O4S/c1-24(18-16-7-8-20-17(16)21-12-22-18)15-5-3-13(4-6-15)11-30(27,28)25-9-14(10-25)23-19(26)29-2/h7-8,12-15H,3-6,9-11H2,1-2H3,(H,23,26)(H,20,21,22). The summed E-state index contributed by atoms with van der Waals surface area (Å²) < 4.78 is 31.4. The summed E-state index contributed by atoms with van der Waals surface area (Å²) in [4.78, 5) is 25.2. The van der Waals surface area contributed by atoms with Crippen LogP contribution in [0.3, 0.4) is 0 Å². The molecule has 1 amide bonds. The van der Waals surface area contributed by atoms with Gasteiger partial charge in [-0.25, -0.2) is 23.2 Å². The molecular formula is C19H28N6O4S. The van der Waals surface area contributed by atoms with Crippen LogP contribution in [0.15, 0.2) is 18.6 Å². The number of carbonyl (C=O) groups excluding carboxylic acids is 1. The Bertz CT molecular complexity index is 995. The van der Waals surface area contributed by atoms with Gasteiger partial charge in [-0.3, -0.25) is 0 Å². The Hall–Kier alpha value is -2.40. The summed E-state index contributed by atoms with van der Waals surface area (Å²) in [6, 6.07) is 2.14. The lowest BCUT2D eigenvalue weighted by Crippen LogP contribution is -2.61. The predicted molar refractivity (Wildman–Crippen MR) is 113 cm³/mol. The Morgan fingerprint density at radius 2 is 2.03 bits per heavy atom. The Morgan fingerprint density at radius 1 is 1.30 bits per heavy atom. The third-order valence-electron chi connectivity index (χ3n) is 6.23. The first-order valence-electron chi connectivity index (χ1n) is 10.2. The van der Waals surface area contributed by atoms with E-state index < -0.39 is 16.1 Å². The van der Waals surface area contributed by atoms with Gasteiger partial charge in [0, 0.05) is 32.4 Å². The highest BCUT2D eigenvalue weighted by Crippen LogP contribution is 2.32. The SMILES string of the molecule is COC(=O)NC1CN(S(=O)(=O)CC2CCC(N(C)c3ncnc4[nH]ccc34)CC2)C1. The second-order valence-corrected chi connectivity index (χ2v) is 10.2. The number of ether oxygens (including phenoxy) is 1. The maximum atomic E-state index is 12.7. The lowest BCUT2D eigenvalue weighted by atomic mass is 9.86. The molecule has 0 unspecified atom stereocenters. The Kier molecular flexibility index (Phi) is 5.83. The molecule has 4 rings (SSSR count). The highest BCUT2D eigenvalue weighted by atomic mass is 32.2. The van der Waals surface area contributed by atoms with Crippen LogP contribution < -0.4 is 10.2 Å². The van der Waals surface area contributed by atoms with Gasteiger partial charge in [0.25, 0.3) is 0 Å². The summed E-state index contributed by atoms with van der Waals surface area (Å²) in [7, 11) is 0.0333. The number of sulfonamides is 1. The van der Waals surface area contributed by atoms with Gasteiger partial charge in [0.05, 0.1) is 24.3 Å². The first-order chi connectivity index (χ1) is 14.4. The van der Waals surface area contributed by atoms with Crippen molar-refractivity contribution in [1.82, 2.24) is 24.6 Å². The predicted octanol–water partition coefficient (Wildman–Crippen LogP) is 1.32. The number of aromatic amines is 1. The smallest absolute Gasteiger partial charge is 0.407 e. The van der Waals surface area contributed by atoms with Crippen LogP contribution in [0.1, 0.15) is 25.7 Å². The molecule has 2 N–H and O–H groups in total. The van der Waals surface area contributed by atoms with Gasteiger partial charge in [-0.1, -0.05) is 0 Å². The van der Waals surface area contributed by atoms with Gasteiger partial charge in [-0.05, 0) is 37.7 Å². The molecule has 0 aromatic carbocycles. The van der Waals surface area contributed by atoms with E-state index in [2.05, 4.69) is 29.9 Å². The minimum Gasteiger partial charge on any atom is -0.453 e.